The molecular formula is C10H9BN2O2. The summed E-state index contributed by atoms with van der Waals surface area (Å²) in [4.78, 5) is 18.5. The van der Waals surface area contributed by atoms with Crippen LogP contribution in [-0.4, -0.2) is 30.4 Å². The first kappa shape index (κ1) is 9.77. The highest BCUT2D eigenvalue weighted by Crippen LogP contribution is 2.15. The van der Waals surface area contributed by atoms with Crippen LogP contribution in [0.3, 0.4) is 0 Å². The Balaban J connectivity index is 2.52. The van der Waals surface area contributed by atoms with E-state index in [2.05, 4.69) is 9.97 Å². The molecule has 0 fully saturated rings. The van der Waals surface area contributed by atoms with E-state index in [-0.39, 0.29) is 5.97 Å². The number of aromatic amines is 1. The fraction of sp³-hybridized carbons (Fsp3) is 0.200. The van der Waals surface area contributed by atoms with Crippen LogP contribution < -0.4 is 5.46 Å². The molecule has 0 spiro atoms. The van der Waals surface area contributed by atoms with Crippen LogP contribution in [0, 0.1) is 0 Å². The van der Waals surface area contributed by atoms with E-state index in [0.29, 0.717) is 28.7 Å². The number of nitrogens with one attached hydrogen (secondary N) is 1. The van der Waals surface area contributed by atoms with Gasteiger partial charge in [-0.15, -0.1) is 0 Å². The van der Waals surface area contributed by atoms with Gasteiger partial charge in [0, 0.05) is 17.8 Å². The number of pyridine rings is 1. The number of fused-ring (bicyclic) bond motifs is 1. The van der Waals surface area contributed by atoms with Crippen LogP contribution in [0.5, 0.6) is 0 Å². The molecular weight excluding hydrogens is 191 g/mol. The third-order valence-electron chi connectivity index (χ3n) is 2.05. The van der Waals surface area contributed by atoms with Crippen molar-refractivity contribution in [2.45, 2.75) is 6.92 Å². The van der Waals surface area contributed by atoms with Crippen molar-refractivity contribution in [1.82, 2.24) is 9.97 Å². The van der Waals surface area contributed by atoms with Gasteiger partial charge in [0.15, 0.2) is 0 Å². The van der Waals surface area contributed by atoms with E-state index in [1.165, 1.54) is 6.20 Å². The quantitative estimate of drug-likeness (QED) is 0.568. The molecule has 74 valence electrons. The topological polar surface area (TPSA) is 55.0 Å². The highest BCUT2D eigenvalue weighted by atomic mass is 16.5. The summed E-state index contributed by atoms with van der Waals surface area (Å²) >= 11 is 0. The highest BCUT2D eigenvalue weighted by Gasteiger charge is 2.13. The number of aromatic nitrogens is 2. The average molecular weight is 200 g/mol. The number of hydrogen-bond donors (Lipinski definition) is 1. The molecule has 2 aromatic heterocycles. The van der Waals surface area contributed by atoms with E-state index in [1.54, 1.807) is 19.2 Å². The molecule has 0 aliphatic carbocycles. The van der Waals surface area contributed by atoms with Crippen LogP contribution in [0.15, 0.2) is 18.5 Å². The van der Waals surface area contributed by atoms with Gasteiger partial charge in [-0.05, 0) is 6.92 Å². The van der Waals surface area contributed by atoms with Crippen LogP contribution in [0.4, 0.5) is 0 Å². The summed E-state index contributed by atoms with van der Waals surface area (Å²) in [5, 5.41) is 0.688. The van der Waals surface area contributed by atoms with Gasteiger partial charge >= 0.3 is 5.97 Å². The lowest BCUT2D eigenvalue weighted by atomic mass is 9.97. The summed E-state index contributed by atoms with van der Waals surface area (Å²) in [6, 6.07) is 1.70. The largest absolute Gasteiger partial charge is 0.462 e. The minimum atomic E-state index is -0.365. The number of ether oxygens (including phenoxy) is 1. The predicted octanol–water partition coefficient (Wildman–Crippen LogP) is 0.533. The first-order chi connectivity index (χ1) is 7.22. The van der Waals surface area contributed by atoms with Crippen molar-refractivity contribution in [3.8, 4) is 0 Å². The van der Waals surface area contributed by atoms with Gasteiger partial charge in [0.05, 0.1) is 12.2 Å². The molecule has 0 amide bonds. The molecule has 0 aliphatic rings. The van der Waals surface area contributed by atoms with Gasteiger partial charge in [-0.1, -0.05) is 11.5 Å². The Bertz CT molecular complexity index is 507. The SMILES string of the molecule is [B]c1cnc2[nH]cc(C(=O)OCC)c2c1. The van der Waals surface area contributed by atoms with Crippen molar-refractivity contribution in [1.29, 1.82) is 0 Å². The van der Waals surface area contributed by atoms with Gasteiger partial charge in [0.25, 0.3) is 0 Å². The van der Waals surface area contributed by atoms with Gasteiger partial charge in [-0.2, -0.15) is 0 Å². The Hall–Kier alpha value is -1.78. The first-order valence-corrected chi connectivity index (χ1v) is 4.62. The van der Waals surface area contributed by atoms with Crippen molar-refractivity contribution in [2.75, 3.05) is 6.61 Å². The van der Waals surface area contributed by atoms with Gasteiger partial charge in [0.1, 0.15) is 13.5 Å². The maximum Gasteiger partial charge on any atom is 0.340 e. The molecule has 0 aromatic carbocycles. The third-order valence-corrected chi connectivity index (χ3v) is 2.05. The second kappa shape index (κ2) is 3.77. The van der Waals surface area contributed by atoms with E-state index in [4.69, 9.17) is 12.6 Å². The maximum atomic E-state index is 11.5. The number of nitrogens with zero attached hydrogens (tertiary/aromatic N) is 1. The molecule has 5 heteroatoms. The zero-order valence-electron chi connectivity index (χ0n) is 8.28. The molecule has 2 heterocycles. The molecule has 2 rings (SSSR count). The summed E-state index contributed by atoms with van der Waals surface area (Å²) in [5.41, 5.74) is 1.62. The molecule has 0 unspecified atom stereocenters. The van der Waals surface area contributed by atoms with E-state index < -0.39 is 0 Å². The van der Waals surface area contributed by atoms with Crippen LogP contribution in [0.2, 0.25) is 0 Å². The van der Waals surface area contributed by atoms with E-state index in [1.807, 2.05) is 0 Å². The van der Waals surface area contributed by atoms with E-state index in [9.17, 15) is 4.79 Å². The summed E-state index contributed by atoms with van der Waals surface area (Å²) in [7, 11) is 5.60. The fourth-order valence-electron chi connectivity index (χ4n) is 1.40. The van der Waals surface area contributed by atoms with Crippen LogP contribution in [-0.2, 0) is 4.74 Å². The molecule has 0 saturated heterocycles. The average Bonchev–Trinajstić information content (AvgIpc) is 2.60. The second-order valence-corrected chi connectivity index (χ2v) is 3.09. The maximum absolute atomic E-state index is 11.5. The number of rotatable bonds is 2. The van der Waals surface area contributed by atoms with Gasteiger partial charge < -0.3 is 9.72 Å². The molecule has 0 aliphatic heterocycles. The zero-order valence-corrected chi connectivity index (χ0v) is 8.28. The fourth-order valence-corrected chi connectivity index (χ4v) is 1.40. The molecule has 0 saturated carbocycles. The van der Waals surface area contributed by atoms with Crippen molar-refractivity contribution in [3.63, 3.8) is 0 Å². The third kappa shape index (κ3) is 1.72. The Morgan fingerprint density at radius 3 is 3.20 bits per heavy atom. The van der Waals surface area contributed by atoms with Gasteiger partial charge in [0.2, 0.25) is 0 Å². The lowest BCUT2D eigenvalue weighted by molar-refractivity contribution is 0.0529. The lowest BCUT2D eigenvalue weighted by Crippen LogP contribution is -2.06. The Labute approximate surface area is 88.1 Å². The summed E-state index contributed by atoms with van der Waals surface area (Å²) in [6.45, 7) is 2.11. The normalized spacial score (nSPS) is 10.5. The lowest BCUT2D eigenvalue weighted by Gasteiger charge is -1.99. The Morgan fingerprint density at radius 1 is 1.67 bits per heavy atom. The molecule has 0 bridgehead atoms. The monoisotopic (exact) mass is 200 g/mol. The van der Waals surface area contributed by atoms with Crippen molar-refractivity contribution in [3.05, 3.63) is 24.0 Å². The van der Waals surface area contributed by atoms with Crippen LogP contribution >= 0.6 is 0 Å². The predicted molar refractivity (Wildman–Crippen MR) is 57.4 cm³/mol. The molecule has 4 nitrogen and oxygen atoms in total. The summed E-state index contributed by atoms with van der Waals surface area (Å²) in [5.74, 6) is -0.365. The molecule has 15 heavy (non-hydrogen) atoms. The standard InChI is InChI=1S/C10H9BN2O2/c1-2-15-10(14)8-5-13-9-7(8)3-6(11)4-12-9/h3-5H,2H2,1H3,(H,12,13). The van der Waals surface area contributed by atoms with Crippen molar-refractivity contribution in [2.24, 2.45) is 0 Å². The van der Waals surface area contributed by atoms with Gasteiger partial charge in [-0.25, -0.2) is 9.78 Å². The van der Waals surface area contributed by atoms with Crippen molar-refractivity contribution < 1.29 is 9.53 Å². The molecule has 2 radical (unpaired) electrons. The number of carbonyl (C=O) groups is 1. The smallest absolute Gasteiger partial charge is 0.340 e. The van der Waals surface area contributed by atoms with Crippen LogP contribution in [0.25, 0.3) is 11.0 Å². The second-order valence-electron chi connectivity index (χ2n) is 3.09. The highest BCUT2D eigenvalue weighted by molar-refractivity contribution is 6.33. The van der Waals surface area contributed by atoms with Crippen molar-refractivity contribution >= 4 is 30.3 Å². The molecule has 2 aromatic rings. The Morgan fingerprint density at radius 2 is 2.47 bits per heavy atom. The molecule has 0 atom stereocenters. The molecule has 1 N–H and O–H groups in total. The number of carbonyl (C=O) groups excluding carboxylic acids is 1. The minimum Gasteiger partial charge on any atom is -0.462 e. The Kier molecular flexibility index (Phi) is 2.45. The first-order valence-electron chi connectivity index (χ1n) is 4.62. The number of esters is 1. The van der Waals surface area contributed by atoms with Crippen LogP contribution in [0.1, 0.15) is 17.3 Å². The van der Waals surface area contributed by atoms with E-state index >= 15 is 0 Å². The number of H-pyrrole nitrogens is 1. The summed E-state index contributed by atoms with van der Waals surface area (Å²) in [6.07, 6.45) is 3.11. The van der Waals surface area contributed by atoms with Gasteiger partial charge in [-0.3, -0.25) is 0 Å². The summed E-state index contributed by atoms with van der Waals surface area (Å²) < 4.78 is 4.91. The number of hydrogen-bond acceptors (Lipinski definition) is 3. The zero-order chi connectivity index (χ0) is 10.8. The van der Waals surface area contributed by atoms with E-state index in [0.717, 1.165) is 0 Å². The minimum absolute atomic E-state index is 0.348.